The molecule has 2 aliphatic heterocycles. The summed E-state index contributed by atoms with van der Waals surface area (Å²) < 4.78 is 26.3. The Morgan fingerprint density at radius 2 is 1.69 bits per heavy atom. The monoisotopic (exact) mass is 379 g/mol. The number of hydrogen-bond acceptors (Lipinski definition) is 4. The zero-order valence-electron chi connectivity index (χ0n) is 15.9. The second kappa shape index (κ2) is 7.56. The van der Waals surface area contributed by atoms with Crippen LogP contribution in [0.15, 0.2) is 23.1 Å². The van der Waals surface area contributed by atoms with Crippen molar-refractivity contribution in [1.82, 2.24) is 9.21 Å². The average Bonchev–Trinajstić information content (AvgIpc) is 3.15. The number of carbonyl (C=O) groups is 1. The van der Waals surface area contributed by atoms with Gasteiger partial charge in [-0.1, -0.05) is 6.92 Å². The Hall–Kier alpha value is -1.60. The van der Waals surface area contributed by atoms with Gasteiger partial charge in [-0.05, 0) is 49.8 Å². The minimum atomic E-state index is -3.57. The van der Waals surface area contributed by atoms with Crippen LogP contribution in [-0.2, 0) is 10.0 Å². The van der Waals surface area contributed by atoms with Crippen LogP contribution in [-0.4, -0.2) is 63.8 Å². The van der Waals surface area contributed by atoms with E-state index in [1.165, 1.54) is 18.4 Å². The fourth-order valence-corrected chi connectivity index (χ4v) is 4.60. The maximum atomic E-state index is 13.2. The van der Waals surface area contributed by atoms with Gasteiger partial charge < -0.3 is 9.80 Å². The first-order valence-electron chi connectivity index (χ1n) is 9.41. The summed E-state index contributed by atoms with van der Waals surface area (Å²) in [4.78, 5) is 17.5. The minimum Gasteiger partial charge on any atom is -0.371 e. The van der Waals surface area contributed by atoms with Crippen LogP contribution in [0.4, 0.5) is 5.69 Å². The van der Waals surface area contributed by atoms with E-state index in [4.69, 9.17) is 0 Å². The maximum Gasteiger partial charge on any atom is 0.256 e. The van der Waals surface area contributed by atoms with Crippen molar-refractivity contribution in [2.75, 3.05) is 45.2 Å². The van der Waals surface area contributed by atoms with E-state index in [2.05, 4.69) is 11.8 Å². The van der Waals surface area contributed by atoms with E-state index < -0.39 is 10.0 Å². The van der Waals surface area contributed by atoms with Crippen LogP contribution >= 0.6 is 0 Å². The predicted molar refractivity (Wildman–Crippen MR) is 103 cm³/mol. The molecule has 2 heterocycles. The summed E-state index contributed by atoms with van der Waals surface area (Å²) >= 11 is 0. The maximum absolute atomic E-state index is 13.2. The lowest BCUT2D eigenvalue weighted by molar-refractivity contribution is 0.0697. The molecule has 0 aromatic heterocycles. The summed E-state index contributed by atoms with van der Waals surface area (Å²) in [6.45, 7) is 5.52. The standard InChI is InChI=1S/C19H29N3O3S/c1-15-8-12-22(13-9-15)19(23)17-14-16(26(24,25)20(2)3)6-7-18(17)21-10-4-5-11-21/h6-7,14-15H,4-5,8-13H2,1-3H3. The van der Waals surface area contributed by atoms with Crippen molar-refractivity contribution in [1.29, 1.82) is 0 Å². The van der Waals surface area contributed by atoms with Crippen LogP contribution in [0.25, 0.3) is 0 Å². The largest absolute Gasteiger partial charge is 0.371 e. The highest BCUT2D eigenvalue weighted by molar-refractivity contribution is 7.89. The third-order valence-electron chi connectivity index (χ3n) is 5.49. The van der Waals surface area contributed by atoms with Gasteiger partial charge in [0.2, 0.25) is 10.0 Å². The fraction of sp³-hybridized carbons (Fsp3) is 0.632. The molecule has 1 aromatic carbocycles. The number of benzene rings is 1. The van der Waals surface area contributed by atoms with Gasteiger partial charge in [-0.15, -0.1) is 0 Å². The third kappa shape index (κ3) is 3.74. The Balaban J connectivity index is 1.99. The van der Waals surface area contributed by atoms with Crippen LogP contribution < -0.4 is 4.90 Å². The summed E-state index contributed by atoms with van der Waals surface area (Å²) in [6.07, 6.45) is 4.21. The van der Waals surface area contributed by atoms with Gasteiger partial charge in [-0.2, -0.15) is 0 Å². The van der Waals surface area contributed by atoms with Crippen LogP contribution in [0.2, 0.25) is 0 Å². The fourth-order valence-electron chi connectivity index (χ4n) is 3.67. The second-order valence-electron chi connectivity index (χ2n) is 7.64. The van der Waals surface area contributed by atoms with Crippen molar-refractivity contribution in [3.63, 3.8) is 0 Å². The van der Waals surface area contributed by atoms with Crippen LogP contribution in [0.3, 0.4) is 0 Å². The van der Waals surface area contributed by atoms with Gasteiger partial charge in [-0.3, -0.25) is 4.79 Å². The Morgan fingerprint density at radius 1 is 1.08 bits per heavy atom. The van der Waals surface area contributed by atoms with Gasteiger partial charge in [0, 0.05) is 46.0 Å². The number of hydrogen-bond donors (Lipinski definition) is 0. The molecule has 0 radical (unpaired) electrons. The molecule has 0 spiro atoms. The van der Waals surface area contributed by atoms with Crippen molar-refractivity contribution in [2.45, 2.75) is 37.5 Å². The first-order valence-corrected chi connectivity index (χ1v) is 10.9. The van der Waals surface area contributed by atoms with E-state index in [0.29, 0.717) is 11.5 Å². The normalized spacial score (nSPS) is 19.4. The number of rotatable bonds is 4. The molecular formula is C19H29N3O3S. The second-order valence-corrected chi connectivity index (χ2v) is 9.79. The molecule has 0 aliphatic carbocycles. The Labute approximate surface area is 156 Å². The molecule has 26 heavy (non-hydrogen) atoms. The van der Waals surface area contributed by atoms with Crippen molar-refractivity contribution >= 4 is 21.6 Å². The predicted octanol–water partition coefficient (Wildman–Crippen LogP) is 2.41. The third-order valence-corrected chi connectivity index (χ3v) is 7.31. The van der Waals surface area contributed by atoms with Gasteiger partial charge in [0.05, 0.1) is 10.5 Å². The average molecular weight is 380 g/mol. The number of piperidine rings is 1. The summed E-state index contributed by atoms with van der Waals surface area (Å²) in [5.74, 6) is 0.590. The van der Waals surface area contributed by atoms with E-state index in [1.54, 1.807) is 12.1 Å². The molecule has 2 aliphatic rings. The number of carbonyl (C=O) groups excluding carboxylic acids is 1. The van der Waals surface area contributed by atoms with Crippen LogP contribution in [0.1, 0.15) is 43.0 Å². The van der Waals surface area contributed by atoms with E-state index in [0.717, 1.165) is 57.5 Å². The highest BCUT2D eigenvalue weighted by Crippen LogP contribution is 2.30. The van der Waals surface area contributed by atoms with Crippen LogP contribution in [0, 0.1) is 5.92 Å². The molecule has 1 aromatic rings. The van der Waals surface area contributed by atoms with E-state index in [-0.39, 0.29) is 10.8 Å². The first kappa shape index (κ1) is 19.2. The van der Waals surface area contributed by atoms with E-state index in [9.17, 15) is 13.2 Å². The molecule has 0 saturated carbocycles. The van der Waals surface area contributed by atoms with Gasteiger partial charge in [0.25, 0.3) is 5.91 Å². The molecule has 0 atom stereocenters. The Morgan fingerprint density at radius 3 is 2.27 bits per heavy atom. The quantitative estimate of drug-likeness (QED) is 0.806. The smallest absolute Gasteiger partial charge is 0.256 e. The molecular weight excluding hydrogens is 350 g/mol. The van der Waals surface area contributed by atoms with Crippen LogP contribution in [0.5, 0.6) is 0 Å². The molecule has 0 unspecified atom stereocenters. The SMILES string of the molecule is CC1CCN(C(=O)c2cc(S(=O)(=O)N(C)C)ccc2N2CCCC2)CC1. The number of amides is 1. The van der Waals surface area contributed by atoms with Crippen molar-refractivity contribution in [3.05, 3.63) is 23.8 Å². The van der Waals surface area contributed by atoms with Crippen molar-refractivity contribution in [2.24, 2.45) is 5.92 Å². The molecule has 1 amide bonds. The molecule has 2 saturated heterocycles. The molecule has 3 rings (SSSR count). The highest BCUT2D eigenvalue weighted by Gasteiger charge is 2.28. The summed E-state index contributed by atoms with van der Waals surface area (Å²) in [6, 6.07) is 5.00. The molecule has 0 N–H and O–H groups in total. The number of likely N-dealkylation sites (tertiary alicyclic amines) is 1. The zero-order valence-corrected chi connectivity index (χ0v) is 16.8. The van der Waals surface area contributed by atoms with Crippen molar-refractivity contribution < 1.29 is 13.2 Å². The zero-order chi connectivity index (χ0) is 18.9. The summed E-state index contributed by atoms with van der Waals surface area (Å²) in [5, 5.41) is 0. The van der Waals surface area contributed by atoms with Gasteiger partial charge >= 0.3 is 0 Å². The number of anilines is 1. The molecule has 2 fully saturated rings. The topological polar surface area (TPSA) is 60.9 Å². The van der Waals surface area contributed by atoms with Gasteiger partial charge in [0.15, 0.2) is 0 Å². The minimum absolute atomic E-state index is 0.0467. The molecule has 6 nitrogen and oxygen atoms in total. The molecule has 144 valence electrons. The lowest BCUT2D eigenvalue weighted by Crippen LogP contribution is -2.38. The molecule has 7 heteroatoms. The number of nitrogens with zero attached hydrogens (tertiary/aromatic N) is 3. The van der Waals surface area contributed by atoms with Gasteiger partial charge in [0.1, 0.15) is 0 Å². The summed E-state index contributed by atoms with van der Waals surface area (Å²) in [5.41, 5.74) is 1.38. The van der Waals surface area contributed by atoms with E-state index in [1.807, 2.05) is 11.0 Å². The highest BCUT2D eigenvalue weighted by atomic mass is 32.2. The number of sulfonamides is 1. The Bertz CT molecular complexity index is 762. The van der Waals surface area contributed by atoms with Crippen molar-refractivity contribution in [3.8, 4) is 0 Å². The summed E-state index contributed by atoms with van der Waals surface area (Å²) in [7, 11) is -0.546. The lowest BCUT2D eigenvalue weighted by Gasteiger charge is -2.32. The van der Waals surface area contributed by atoms with Gasteiger partial charge in [-0.25, -0.2) is 12.7 Å². The molecule has 0 bridgehead atoms. The Kier molecular flexibility index (Phi) is 5.58. The van der Waals surface area contributed by atoms with E-state index >= 15 is 0 Å². The first-order chi connectivity index (χ1) is 12.3. The lowest BCUT2D eigenvalue weighted by atomic mass is 9.98.